The predicted molar refractivity (Wildman–Crippen MR) is 124 cm³/mol. The van der Waals surface area contributed by atoms with Gasteiger partial charge in [-0.3, -0.25) is 4.99 Å². The van der Waals surface area contributed by atoms with Crippen LogP contribution in [0.4, 0.5) is 0 Å². The predicted octanol–water partition coefficient (Wildman–Crippen LogP) is 6.63. The average molecular weight is 413 g/mol. The van der Waals surface area contributed by atoms with Gasteiger partial charge in [-0.05, 0) is 69.2 Å². The summed E-state index contributed by atoms with van der Waals surface area (Å²) in [6.07, 6.45) is 2.27. The second-order valence-corrected chi connectivity index (χ2v) is 8.67. The Kier molecular flexibility index (Phi) is 7.66. The highest BCUT2D eigenvalue weighted by Gasteiger charge is 2.07. The molecule has 3 aromatic rings. The molecule has 0 fully saturated rings. The van der Waals surface area contributed by atoms with Gasteiger partial charge in [0.2, 0.25) is 0 Å². The van der Waals surface area contributed by atoms with E-state index < -0.39 is 0 Å². The van der Waals surface area contributed by atoms with E-state index in [0.29, 0.717) is 0 Å². The van der Waals surface area contributed by atoms with Gasteiger partial charge in [0.15, 0.2) is 0 Å². The van der Waals surface area contributed by atoms with Crippen molar-refractivity contribution in [3.63, 3.8) is 0 Å². The topological polar surface area (TPSA) is 15.6 Å². The molecule has 1 unspecified atom stereocenters. The maximum atomic E-state index is 6.29. The first kappa shape index (κ1) is 21.0. The van der Waals surface area contributed by atoms with Gasteiger partial charge in [0.1, 0.15) is 0 Å². The van der Waals surface area contributed by atoms with Crippen LogP contribution >= 0.6 is 22.9 Å². The van der Waals surface area contributed by atoms with Crippen molar-refractivity contribution in [2.75, 3.05) is 19.6 Å². The molecule has 0 radical (unpaired) electrons. The molecular formula is C24H29ClN2S. The monoisotopic (exact) mass is 412 g/mol. The van der Waals surface area contributed by atoms with Gasteiger partial charge in [-0.2, -0.15) is 0 Å². The van der Waals surface area contributed by atoms with E-state index in [-0.39, 0.29) is 6.04 Å². The van der Waals surface area contributed by atoms with Crippen molar-refractivity contribution in [2.45, 2.75) is 39.7 Å². The van der Waals surface area contributed by atoms with Gasteiger partial charge in [0.05, 0.1) is 5.36 Å². The Balaban J connectivity index is 1.93. The molecule has 0 bridgehead atoms. The van der Waals surface area contributed by atoms with Crippen LogP contribution in [0.5, 0.6) is 0 Å². The molecule has 148 valence electrons. The summed E-state index contributed by atoms with van der Waals surface area (Å²) in [5.41, 5.74) is 1.23. The first-order valence-corrected chi connectivity index (χ1v) is 11.3. The molecule has 0 aliphatic rings. The molecule has 2 nitrogen and oxygen atoms in total. The zero-order chi connectivity index (χ0) is 19.9. The largest absolute Gasteiger partial charge is 0.304 e. The zero-order valence-corrected chi connectivity index (χ0v) is 18.6. The van der Waals surface area contributed by atoms with E-state index in [2.05, 4.69) is 68.1 Å². The molecule has 0 N–H and O–H groups in total. The third-order valence-electron chi connectivity index (χ3n) is 5.11. The van der Waals surface area contributed by atoms with Crippen LogP contribution in [0.25, 0.3) is 20.5 Å². The number of rotatable bonds is 8. The number of hydrogen-bond donors (Lipinski definition) is 0. The van der Waals surface area contributed by atoms with Gasteiger partial charge >= 0.3 is 0 Å². The number of fused-ring (bicyclic) bond motifs is 1. The van der Waals surface area contributed by atoms with Crippen LogP contribution < -0.4 is 5.36 Å². The maximum absolute atomic E-state index is 6.29. The molecule has 0 saturated carbocycles. The molecule has 0 aliphatic carbocycles. The number of benzene rings is 2. The molecule has 0 saturated heterocycles. The van der Waals surface area contributed by atoms with Gasteiger partial charge in [-0.25, -0.2) is 0 Å². The molecule has 1 atom stereocenters. The van der Waals surface area contributed by atoms with Gasteiger partial charge in [-0.1, -0.05) is 55.8 Å². The summed E-state index contributed by atoms with van der Waals surface area (Å²) in [7, 11) is 0. The molecular weight excluding hydrogens is 384 g/mol. The SMILES string of the molecule is CCN(CC)CCCC(C)N=c1cc(-c2ccccc2)sc2ccc(Cl)cc12. The lowest BCUT2D eigenvalue weighted by Gasteiger charge is -2.18. The summed E-state index contributed by atoms with van der Waals surface area (Å²) in [5, 5.41) is 2.95. The van der Waals surface area contributed by atoms with Crippen LogP contribution in [-0.2, 0) is 0 Å². The van der Waals surface area contributed by atoms with E-state index in [1.165, 1.54) is 21.6 Å². The Labute approximate surface area is 177 Å². The lowest BCUT2D eigenvalue weighted by atomic mass is 10.1. The Hall–Kier alpha value is -1.68. The van der Waals surface area contributed by atoms with E-state index in [1.54, 1.807) is 11.3 Å². The maximum Gasteiger partial charge on any atom is 0.0678 e. The summed E-state index contributed by atoms with van der Waals surface area (Å²) < 4.78 is 1.22. The number of hydrogen-bond acceptors (Lipinski definition) is 3. The first-order valence-electron chi connectivity index (χ1n) is 10.2. The van der Waals surface area contributed by atoms with E-state index in [1.807, 2.05) is 12.1 Å². The van der Waals surface area contributed by atoms with Crippen LogP contribution in [0, 0.1) is 0 Å². The van der Waals surface area contributed by atoms with E-state index in [4.69, 9.17) is 16.6 Å². The minimum atomic E-state index is 0.286. The van der Waals surface area contributed by atoms with Crippen molar-refractivity contribution in [2.24, 2.45) is 4.99 Å². The van der Waals surface area contributed by atoms with E-state index in [0.717, 1.165) is 41.8 Å². The highest BCUT2D eigenvalue weighted by molar-refractivity contribution is 7.21. The first-order chi connectivity index (χ1) is 13.6. The van der Waals surface area contributed by atoms with Gasteiger partial charge in [0, 0.05) is 26.0 Å². The molecule has 0 spiro atoms. The molecule has 28 heavy (non-hydrogen) atoms. The Morgan fingerprint density at radius 1 is 1.04 bits per heavy atom. The molecule has 0 amide bonds. The summed E-state index contributed by atoms with van der Waals surface area (Å²) in [6.45, 7) is 10.0. The molecule has 4 heteroatoms. The van der Waals surface area contributed by atoms with Gasteiger partial charge in [-0.15, -0.1) is 11.3 Å². The lowest BCUT2D eigenvalue weighted by Crippen LogP contribution is -2.24. The Bertz CT molecular complexity index is 961. The summed E-state index contributed by atoms with van der Waals surface area (Å²) in [6, 6.07) is 19.2. The fourth-order valence-corrected chi connectivity index (χ4v) is 4.69. The molecule has 1 aromatic heterocycles. The summed E-state index contributed by atoms with van der Waals surface area (Å²) in [4.78, 5) is 8.80. The number of halogens is 1. The summed E-state index contributed by atoms with van der Waals surface area (Å²) in [5.74, 6) is 0. The standard InChI is InChI=1S/C24H29ClN2S/c1-4-27(5-2)15-9-10-18(3)26-22-17-24(19-11-7-6-8-12-19)28-23-14-13-20(25)16-21(22)23/h6-8,11-14,16-18H,4-5,9-10,15H2,1-3H3. The third-order valence-corrected chi connectivity index (χ3v) is 6.50. The highest BCUT2D eigenvalue weighted by atomic mass is 35.5. The third kappa shape index (κ3) is 5.44. The minimum Gasteiger partial charge on any atom is -0.304 e. The number of nitrogens with zero attached hydrogens (tertiary/aromatic N) is 2. The summed E-state index contributed by atoms with van der Waals surface area (Å²) >= 11 is 8.08. The quantitative estimate of drug-likeness (QED) is 0.405. The van der Waals surface area contributed by atoms with Crippen LogP contribution in [0.15, 0.2) is 59.6 Å². The van der Waals surface area contributed by atoms with E-state index in [9.17, 15) is 0 Å². The van der Waals surface area contributed by atoms with Crippen molar-refractivity contribution in [1.29, 1.82) is 0 Å². The fourth-order valence-electron chi connectivity index (χ4n) is 3.44. The van der Waals surface area contributed by atoms with E-state index >= 15 is 0 Å². The second-order valence-electron chi connectivity index (χ2n) is 7.15. The van der Waals surface area contributed by atoms with Crippen molar-refractivity contribution >= 4 is 33.0 Å². The Morgan fingerprint density at radius 3 is 2.50 bits per heavy atom. The van der Waals surface area contributed by atoms with Crippen molar-refractivity contribution < 1.29 is 0 Å². The average Bonchev–Trinajstić information content (AvgIpc) is 2.72. The zero-order valence-electron chi connectivity index (χ0n) is 17.0. The van der Waals surface area contributed by atoms with Crippen LogP contribution in [0.1, 0.15) is 33.6 Å². The highest BCUT2D eigenvalue weighted by Crippen LogP contribution is 2.29. The normalized spacial score (nSPS) is 13.4. The minimum absolute atomic E-state index is 0.286. The fraction of sp³-hybridized carbons (Fsp3) is 0.375. The van der Waals surface area contributed by atoms with Crippen LogP contribution in [0.2, 0.25) is 5.02 Å². The second kappa shape index (κ2) is 10.2. The lowest BCUT2D eigenvalue weighted by molar-refractivity contribution is 0.294. The molecule has 2 aromatic carbocycles. The molecule has 3 rings (SSSR count). The molecule has 1 heterocycles. The van der Waals surface area contributed by atoms with Crippen LogP contribution in [-0.4, -0.2) is 30.6 Å². The Morgan fingerprint density at radius 2 is 1.79 bits per heavy atom. The van der Waals surface area contributed by atoms with Gasteiger partial charge < -0.3 is 4.90 Å². The van der Waals surface area contributed by atoms with Crippen LogP contribution in [0.3, 0.4) is 0 Å². The molecule has 0 aliphatic heterocycles. The van der Waals surface area contributed by atoms with Crippen molar-refractivity contribution in [3.8, 4) is 10.4 Å². The smallest absolute Gasteiger partial charge is 0.0678 e. The van der Waals surface area contributed by atoms with Crippen molar-refractivity contribution in [3.05, 3.63) is 65.0 Å². The van der Waals surface area contributed by atoms with Gasteiger partial charge in [0.25, 0.3) is 0 Å². The van der Waals surface area contributed by atoms with Crippen molar-refractivity contribution in [1.82, 2.24) is 4.90 Å².